The maximum atomic E-state index is 12.4. The largest absolute Gasteiger partial charge is 0.343 e. The molecule has 0 radical (unpaired) electrons. The van der Waals surface area contributed by atoms with Gasteiger partial charge in [-0.1, -0.05) is 42.5 Å². The molecule has 2 fully saturated rings. The number of rotatable bonds is 3. The van der Waals surface area contributed by atoms with E-state index in [1.54, 1.807) is 12.1 Å². The van der Waals surface area contributed by atoms with Crippen LogP contribution in [0.15, 0.2) is 18.2 Å². The van der Waals surface area contributed by atoms with Crippen LogP contribution in [-0.2, 0) is 4.79 Å². The monoisotopic (exact) mass is 368 g/mol. The Balaban J connectivity index is 1.52. The van der Waals surface area contributed by atoms with Crippen LogP contribution in [0, 0.1) is 11.8 Å². The van der Waals surface area contributed by atoms with Gasteiger partial charge in [0.05, 0.1) is 17.1 Å². The van der Waals surface area contributed by atoms with Crippen LogP contribution < -0.4 is 5.32 Å². The molecular weight excluding hydrogens is 347 g/mol. The summed E-state index contributed by atoms with van der Waals surface area (Å²) in [6.07, 6.45) is 6.22. The van der Waals surface area contributed by atoms with Crippen LogP contribution in [0.2, 0.25) is 10.0 Å². The van der Waals surface area contributed by atoms with E-state index in [4.69, 9.17) is 23.2 Å². The summed E-state index contributed by atoms with van der Waals surface area (Å²) >= 11 is 11.9. The standard InChI is InChI=1S/C18H22Cl2N2O2/c19-14-5-6-15(16(20)9-14)18(24)21-10-17(23)22-8-7-12-3-1-2-4-13(12)11-22/h5-6,9,12-13H,1-4,7-8,10-11H2,(H,21,24)/t12-,13-/m1/s1. The number of likely N-dealkylation sites (tertiary alicyclic amines) is 1. The van der Waals surface area contributed by atoms with Gasteiger partial charge in [0.25, 0.3) is 5.91 Å². The van der Waals surface area contributed by atoms with Crippen molar-refractivity contribution in [2.45, 2.75) is 32.1 Å². The van der Waals surface area contributed by atoms with Crippen molar-refractivity contribution in [3.05, 3.63) is 33.8 Å². The number of hydrogen-bond donors (Lipinski definition) is 1. The van der Waals surface area contributed by atoms with Crippen LogP contribution >= 0.6 is 23.2 Å². The molecule has 0 spiro atoms. The van der Waals surface area contributed by atoms with Gasteiger partial charge in [-0.15, -0.1) is 0 Å². The maximum Gasteiger partial charge on any atom is 0.253 e. The minimum Gasteiger partial charge on any atom is -0.343 e. The second-order valence-electron chi connectivity index (χ2n) is 6.74. The summed E-state index contributed by atoms with van der Waals surface area (Å²) in [5.41, 5.74) is 0.333. The smallest absolute Gasteiger partial charge is 0.253 e. The van der Waals surface area contributed by atoms with Crippen molar-refractivity contribution in [2.75, 3.05) is 19.6 Å². The van der Waals surface area contributed by atoms with E-state index in [0.29, 0.717) is 16.5 Å². The Morgan fingerprint density at radius 2 is 1.88 bits per heavy atom. The number of hydrogen-bond acceptors (Lipinski definition) is 2. The Labute approximate surface area is 152 Å². The molecule has 3 rings (SSSR count). The van der Waals surface area contributed by atoms with E-state index < -0.39 is 0 Å². The van der Waals surface area contributed by atoms with Gasteiger partial charge in [-0.25, -0.2) is 0 Å². The third-order valence-electron chi connectivity index (χ3n) is 5.22. The molecule has 1 heterocycles. The summed E-state index contributed by atoms with van der Waals surface area (Å²) < 4.78 is 0. The summed E-state index contributed by atoms with van der Waals surface area (Å²) in [6, 6.07) is 4.70. The lowest BCUT2D eigenvalue weighted by molar-refractivity contribution is -0.133. The minimum absolute atomic E-state index is 0.00910. The van der Waals surface area contributed by atoms with Crippen molar-refractivity contribution in [2.24, 2.45) is 11.8 Å². The lowest BCUT2D eigenvalue weighted by Crippen LogP contribution is -2.48. The first kappa shape index (κ1) is 17.6. The molecule has 1 saturated carbocycles. The van der Waals surface area contributed by atoms with E-state index >= 15 is 0 Å². The number of benzene rings is 1. The van der Waals surface area contributed by atoms with Gasteiger partial charge in [0.1, 0.15) is 0 Å². The van der Waals surface area contributed by atoms with Crippen molar-refractivity contribution < 1.29 is 9.59 Å². The van der Waals surface area contributed by atoms with E-state index in [9.17, 15) is 9.59 Å². The summed E-state index contributed by atoms with van der Waals surface area (Å²) in [6.45, 7) is 1.65. The van der Waals surface area contributed by atoms with E-state index in [1.165, 1.54) is 31.7 Å². The normalized spacial score (nSPS) is 23.5. The minimum atomic E-state index is -0.349. The molecule has 1 aromatic rings. The highest BCUT2D eigenvalue weighted by atomic mass is 35.5. The van der Waals surface area contributed by atoms with Crippen LogP contribution in [0.3, 0.4) is 0 Å². The van der Waals surface area contributed by atoms with Crippen LogP contribution in [0.4, 0.5) is 0 Å². The number of piperidine rings is 1. The van der Waals surface area contributed by atoms with Crippen LogP contribution in [0.25, 0.3) is 0 Å². The topological polar surface area (TPSA) is 49.4 Å². The molecule has 2 amide bonds. The molecule has 0 unspecified atom stereocenters. The number of nitrogens with zero attached hydrogens (tertiary/aromatic N) is 1. The fraction of sp³-hybridized carbons (Fsp3) is 0.556. The number of nitrogens with one attached hydrogen (secondary N) is 1. The lowest BCUT2D eigenvalue weighted by Gasteiger charge is -2.41. The Kier molecular flexibility index (Phi) is 5.67. The Morgan fingerprint density at radius 1 is 1.12 bits per heavy atom. The second kappa shape index (κ2) is 7.75. The molecule has 1 aromatic carbocycles. The van der Waals surface area contributed by atoms with Crippen molar-refractivity contribution in [1.29, 1.82) is 0 Å². The Hall–Kier alpha value is -1.26. The number of amides is 2. The number of halogens is 2. The fourth-order valence-electron chi connectivity index (χ4n) is 3.86. The van der Waals surface area contributed by atoms with Gasteiger partial charge in [-0.2, -0.15) is 0 Å². The van der Waals surface area contributed by atoms with Gasteiger partial charge >= 0.3 is 0 Å². The summed E-state index contributed by atoms with van der Waals surface area (Å²) in [4.78, 5) is 26.5. The van der Waals surface area contributed by atoms with Crippen molar-refractivity contribution in [3.63, 3.8) is 0 Å². The zero-order valence-electron chi connectivity index (χ0n) is 13.6. The molecule has 130 valence electrons. The molecule has 1 saturated heterocycles. The van der Waals surface area contributed by atoms with Crippen LogP contribution in [-0.4, -0.2) is 36.3 Å². The third-order valence-corrected chi connectivity index (χ3v) is 5.77. The molecule has 0 aromatic heterocycles. The first-order valence-corrected chi connectivity index (χ1v) is 9.31. The average Bonchev–Trinajstić information content (AvgIpc) is 2.59. The highest BCUT2D eigenvalue weighted by Crippen LogP contribution is 2.35. The number of carbonyl (C=O) groups is 2. The molecule has 24 heavy (non-hydrogen) atoms. The van der Waals surface area contributed by atoms with Gasteiger partial charge in [0, 0.05) is 18.1 Å². The Morgan fingerprint density at radius 3 is 2.62 bits per heavy atom. The molecule has 2 aliphatic rings. The van der Waals surface area contributed by atoms with E-state index in [0.717, 1.165) is 25.4 Å². The number of carbonyl (C=O) groups excluding carboxylic acids is 2. The van der Waals surface area contributed by atoms with Crippen molar-refractivity contribution >= 4 is 35.0 Å². The van der Waals surface area contributed by atoms with Crippen LogP contribution in [0.5, 0.6) is 0 Å². The van der Waals surface area contributed by atoms with Gasteiger partial charge in [-0.05, 0) is 42.9 Å². The molecule has 1 aliphatic heterocycles. The maximum absolute atomic E-state index is 12.4. The van der Waals surface area contributed by atoms with Crippen LogP contribution in [0.1, 0.15) is 42.5 Å². The molecule has 6 heteroatoms. The quantitative estimate of drug-likeness (QED) is 0.882. The summed E-state index contributed by atoms with van der Waals surface area (Å²) in [5, 5.41) is 3.43. The fourth-order valence-corrected chi connectivity index (χ4v) is 4.36. The molecule has 0 bridgehead atoms. The summed E-state index contributed by atoms with van der Waals surface area (Å²) in [5.74, 6) is 1.05. The van der Waals surface area contributed by atoms with Gasteiger partial charge < -0.3 is 10.2 Å². The zero-order valence-corrected chi connectivity index (χ0v) is 15.1. The Bertz CT molecular complexity index is 635. The zero-order chi connectivity index (χ0) is 17.1. The summed E-state index contributed by atoms with van der Waals surface area (Å²) in [7, 11) is 0. The van der Waals surface area contributed by atoms with E-state index in [-0.39, 0.29) is 23.4 Å². The first-order chi connectivity index (χ1) is 11.5. The second-order valence-corrected chi connectivity index (χ2v) is 7.58. The average molecular weight is 369 g/mol. The lowest BCUT2D eigenvalue weighted by atomic mass is 9.75. The van der Waals surface area contributed by atoms with Crippen molar-refractivity contribution in [3.8, 4) is 0 Å². The van der Waals surface area contributed by atoms with Gasteiger partial charge in [0.2, 0.25) is 5.91 Å². The predicted octanol–water partition coefficient (Wildman–Crippen LogP) is 3.76. The van der Waals surface area contributed by atoms with Gasteiger partial charge in [0.15, 0.2) is 0 Å². The molecular formula is C18H22Cl2N2O2. The molecule has 4 nitrogen and oxygen atoms in total. The van der Waals surface area contributed by atoms with E-state index in [1.807, 2.05) is 4.90 Å². The predicted molar refractivity (Wildman–Crippen MR) is 95.4 cm³/mol. The third kappa shape index (κ3) is 4.04. The highest BCUT2D eigenvalue weighted by molar-refractivity contribution is 6.36. The highest BCUT2D eigenvalue weighted by Gasteiger charge is 2.32. The van der Waals surface area contributed by atoms with Crippen molar-refractivity contribution in [1.82, 2.24) is 10.2 Å². The molecule has 1 aliphatic carbocycles. The first-order valence-electron chi connectivity index (χ1n) is 8.55. The SMILES string of the molecule is O=C(NCC(=O)N1CC[C@H]2CCCC[C@@H]2C1)c1ccc(Cl)cc1Cl. The van der Waals surface area contributed by atoms with Gasteiger partial charge in [-0.3, -0.25) is 9.59 Å². The molecule has 1 N–H and O–H groups in total. The number of fused-ring (bicyclic) bond motifs is 1. The van der Waals surface area contributed by atoms with E-state index in [2.05, 4.69) is 5.32 Å². The molecule has 2 atom stereocenters.